The highest BCUT2D eigenvalue weighted by Gasteiger charge is 2.60. The van der Waals surface area contributed by atoms with Crippen LogP contribution in [0.5, 0.6) is 0 Å². The Labute approximate surface area is 163 Å². The van der Waals surface area contributed by atoms with E-state index in [-0.39, 0.29) is 28.7 Å². The molecule has 0 aromatic carbocycles. The highest BCUT2D eigenvalue weighted by atomic mass is 16.6. The zero-order chi connectivity index (χ0) is 20.0. The molecule has 2 aliphatic carbocycles. The van der Waals surface area contributed by atoms with Crippen molar-refractivity contribution in [1.29, 1.82) is 0 Å². The molecule has 0 aromatic heterocycles. The summed E-state index contributed by atoms with van der Waals surface area (Å²) in [5, 5.41) is 4.56. The molecule has 1 saturated heterocycles. The van der Waals surface area contributed by atoms with Gasteiger partial charge in [-0.2, -0.15) is 5.10 Å². The number of carbonyl (C=O) groups is 2. The van der Waals surface area contributed by atoms with Gasteiger partial charge in [0.15, 0.2) is 0 Å². The Morgan fingerprint density at radius 3 is 2.26 bits per heavy atom. The van der Waals surface area contributed by atoms with E-state index in [4.69, 9.17) is 4.74 Å². The molecule has 1 aliphatic heterocycles. The van der Waals surface area contributed by atoms with Crippen LogP contribution in [0.3, 0.4) is 0 Å². The van der Waals surface area contributed by atoms with Crippen molar-refractivity contribution in [3.05, 3.63) is 0 Å². The molecule has 3 aliphatic rings. The van der Waals surface area contributed by atoms with Crippen LogP contribution in [0, 0.1) is 22.7 Å². The molecule has 3 fully saturated rings. The number of hydrazone groups is 1. The summed E-state index contributed by atoms with van der Waals surface area (Å²) in [5.41, 5.74) is 3.86. The number of hydrogen-bond donors (Lipinski definition) is 1. The number of rotatable bonds is 2. The number of likely N-dealkylation sites (tertiary alicyclic amines) is 1. The van der Waals surface area contributed by atoms with Crippen molar-refractivity contribution in [1.82, 2.24) is 10.3 Å². The van der Waals surface area contributed by atoms with Gasteiger partial charge < -0.3 is 9.64 Å². The van der Waals surface area contributed by atoms with Gasteiger partial charge >= 0.3 is 6.09 Å². The van der Waals surface area contributed by atoms with E-state index in [1.165, 1.54) is 6.42 Å². The van der Waals surface area contributed by atoms with E-state index in [1.807, 2.05) is 20.8 Å². The van der Waals surface area contributed by atoms with Crippen LogP contribution in [-0.2, 0) is 9.53 Å². The van der Waals surface area contributed by atoms with Crippen molar-refractivity contribution in [3.8, 4) is 0 Å². The van der Waals surface area contributed by atoms with Crippen molar-refractivity contribution in [3.63, 3.8) is 0 Å². The van der Waals surface area contributed by atoms with Crippen LogP contribution in [0.1, 0.15) is 73.6 Å². The first-order valence-corrected chi connectivity index (χ1v) is 10.3. The number of piperidine rings is 1. The van der Waals surface area contributed by atoms with Crippen molar-refractivity contribution >= 4 is 17.7 Å². The van der Waals surface area contributed by atoms with Gasteiger partial charge in [-0.15, -0.1) is 0 Å². The SMILES string of the molecule is CC(C)(C)OC(=O)N1CCC(C(=O)N/N=C2/C[C@@H]3CC[C@]2(C)C3(C)C)CC1. The normalized spacial score (nSPS) is 32.0. The fraction of sp³-hybridized carbons (Fsp3) is 0.857. The van der Waals surface area contributed by atoms with E-state index < -0.39 is 5.60 Å². The van der Waals surface area contributed by atoms with Crippen LogP contribution in [0.4, 0.5) is 4.79 Å². The zero-order valence-electron chi connectivity index (χ0n) is 17.7. The monoisotopic (exact) mass is 377 g/mol. The molecule has 1 heterocycles. The molecular weight excluding hydrogens is 342 g/mol. The predicted octanol–water partition coefficient (Wildman–Crippen LogP) is 3.95. The van der Waals surface area contributed by atoms with Crippen molar-refractivity contribution < 1.29 is 14.3 Å². The van der Waals surface area contributed by atoms with E-state index >= 15 is 0 Å². The number of fused-ring (bicyclic) bond motifs is 2. The van der Waals surface area contributed by atoms with Gasteiger partial charge in [-0.3, -0.25) is 4.79 Å². The molecule has 2 atom stereocenters. The summed E-state index contributed by atoms with van der Waals surface area (Å²) >= 11 is 0. The van der Waals surface area contributed by atoms with Crippen LogP contribution in [0.2, 0.25) is 0 Å². The minimum absolute atomic E-state index is 0.0180. The second kappa shape index (κ2) is 6.78. The molecule has 1 N–H and O–H groups in total. The molecule has 2 bridgehead atoms. The van der Waals surface area contributed by atoms with Crippen molar-refractivity contribution in [2.45, 2.75) is 79.2 Å². The summed E-state index contributed by atoms with van der Waals surface area (Å²) in [6.07, 6.45) is 4.44. The first kappa shape index (κ1) is 20.2. The van der Waals surface area contributed by atoms with E-state index in [2.05, 4.69) is 31.3 Å². The summed E-state index contributed by atoms with van der Waals surface area (Å²) in [6, 6.07) is 0. The summed E-state index contributed by atoms with van der Waals surface area (Å²) < 4.78 is 5.41. The minimum Gasteiger partial charge on any atom is -0.444 e. The average Bonchev–Trinajstić information content (AvgIpc) is 2.91. The minimum atomic E-state index is -0.494. The van der Waals surface area contributed by atoms with Gasteiger partial charge in [0.2, 0.25) is 5.91 Å². The topological polar surface area (TPSA) is 71.0 Å². The lowest BCUT2D eigenvalue weighted by atomic mass is 9.70. The first-order valence-electron chi connectivity index (χ1n) is 10.3. The van der Waals surface area contributed by atoms with Crippen LogP contribution in [-0.4, -0.2) is 41.3 Å². The lowest BCUT2D eigenvalue weighted by Gasteiger charge is -2.34. The molecule has 6 heteroatoms. The second-order valence-electron chi connectivity index (χ2n) is 10.3. The maximum absolute atomic E-state index is 12.6. The summed E-state index contributed by atoms with van der Waals surface area (Å²) in [6.45, 7) is 13.7. The maximum atomic E-state index is 12.6. The van der Waals surface area contributed by atoms with Gasteiger partial charge in [0, 0.05) is 30.1 Å². The van der Waals surface area contributed by atoms with Crippen LogP contribution in [0.25, 0.3) is 0 Å². The standard InChI is InChI=1S/C21H35N3O3/c1-19(2,3)27-18(26)24-11-8-14(9-12-24)17(25)23-22-16-13-15-7-10-21(16,6)20(15,4)5/h14-15H,7-13H2,1-6H3,(H,23,25)/b22-16-/t15-,21-/m0/s1. The number of ether oxygens (including phenoxy) is 1. The molecular formula is C21H35N3O3. The Hall–Kier alpha value is -1.59. The lowest BCUT2D eigenvalue weighted by Crippen LogP contribution is -2.44. The van der Waals surface area contributed by atoms with Gasteiger partial charge in [-0.1, -0.05) is 20.8 Å². The highest BCUT2D eigenvalue weighted by Crippen LogP contribution is 2.63. The van der Waals surface area contributed by atoms with Crippen molar-refractivity contribution in [2.75, 3.05) is 13.1 Å². The smallest absolute Gasteiger partial charge is 0.410 e. The molecule has 152 valence electrons. The molecule has 0 aromatic rings. The molecule has 2 amide bonds. The largest absolute Gasteiger partial charge is 0.444 e. The van der Waals surface area contributed by atoms with E-state index in [9.17, 15) is 9.59 Å². The predicted molar refractivity (Wildman–Crippen MR) is 105 cm³/mol. The van der Waals surface area contributed by atoms with Gasteiger partial charge in [0.1, 0.15) is 5.60 Å². The van der Waals surface area contributed by atoms with Crippen LogP contribution >= 0.6 is 0 Å². The molecule has 0 radical (unpaired) electrons. The Bertz CT molecular complexity index is 642. The number of carbonyl (C=O) groups excluding carboxylic acids is 2. The average molecular weight is 378 g/mol. The molecule has 2 saturated carbocycles. The van der Waals surface area contributed by atoms with E-state index in [1.54, 1.807) is 4.90 Å². The lowest BCUT2D eigenvalue weighted by molar-refractivity contribution is -0.126. The third kappa shape index (κ3) is 3.72. The Balaban J connectivity index is 1.52. The van der Waals surface area contributed by atoms with Gasteiger partial charge in [0.05, 0.1) is 0 Å². The zero-order valence-corrected chi connectivity index (χ0v) is 17.7. The number of nitrogens with zero attached hydrogens (tertiary/aromatic N) is 2. The highest BCUT2D eigenvalue weighted by molar-refractivity contribution is 5.95. The third-order valence-corrected chi connectivity index (χ3v) is 7.33. The fourth-order valence-electron chi connectivity index (χ4n) is 4.96. The quantitative estimate of drug-likeness (QED) is 0.741. The van der Waals surface area contributed by atoms with Crippen molar-refractivity contribution in [2.24, 2.45) is 27.8 Å². The molecule has 3 rings (SSSR count). The number of amides is 2. The second-order valence-corrected chi connectivity index (χ2v) is 10.3. The molecule has 0 unspecified atom stereocenters. The van der Waals surface area contributed by atoms with Gasteiger partial charge in [-0.05, 0) is 64.2 Å². The molecule has 27 heavy (non-hydrogen) atoms. The molecule has 6 nitrogen and oxygen atoms in total. The third-order valence-electron chi connectivity index (χ3n) is 7.33. The fourth-order valence-corrected chi connectivity index (χ4v) is 4.96. The van der Waals surface area contributed by atoms with Crippen LogP contribution < -0.4 is 5.43 Å². The maximum Gasteiger partial charge on any atom is 0.410 e. The summed E-state index contributed by atoms with van der Waals surface area (Å²) in [5.74, 6) is 0.568. The number of nitrogens with one attached hydrogen (secondary N) is 1. The van der Waals surface area contributed by atoms with Gasteiger partial charge in [-0.25, -0.2) is 10.2 Å². The summed E-state index contributed by atoms with van der Waals surface area (Å²) in [7, 11) is 0. The van der Waals surface area contributed by atoms with E-state index in [0.717, 1.165) is 18.6 Å². The van der Waals surface area contributed by atoms with E-state index in [0.29, 0.717) is 31.8 Å². The number of hydrogen-bond acceptors (Lipinski definition) is 4. The van der Waals surface area contributed by atoms with Crippen LogP contribution in [0.15, 0.2) is 5.10 Å². The molecule has 0 spiro atoms. The van der Waals surface area contributed by atoms with Gasteiger partial charge in [0.25, 0.3) is 0 Å². The summed E-state index contributed by atoms with van der Waals surface area (Å²) in [4.78, 5) is 26.4. The Kier molecular flexibility index (Phi) is 5.06. The Morgan fingerprint density at radius 2 is 1.78 bits per heavy atom. The first-order chi connectivity index (χ1) is 12.4. The Morgan fingerprint density at radius 1 is 1.15 bits per heavy atom.